The lowest BCUT2D eigenvalue weighted by atomic mass is 10.1. The lowest BCUT2D eigenvalue weighted by molar-refractivity contribution is -0.115. The molecule has 2 rings (SSSR count). The van der Waals surface area contributed by atoms with Gasteiger partial charge in [0, 0.05) is 12.5 Å². The van der Waals surface area contributed by atoms with Crippen molar-refractivity contribution in [1.82, 2.24) is 0 Å². The molecule has 0 aliphatic rings. The first-order chi connectivity index (χ1) is 11.4. The molecule has 1 amide bonds. The molecule has 2 aromatic carbocycles. The number of hydrogen-bond acceptors (Lipinski definition) is 3. The van der Waals surface area contributed by atoms with Crippen molar-refractivity contribution in [2.75, 3.05) is 5.32 Å². The lowest BCUT2D eigenvalue weighted by Gasteiger charge is -2.11. The number of benzene rings is 2. The Morgan fingerprint density at radius 1 is 1.17 bits per heavy atom. The Morgan fingerprint density at radius 3 is 2.54 bits per heavy atom. The zero-order chi connectivity index (χ0) is 17.7. The predicted octanol–water partition coefficient (Wildman–Crippen LogP) is 3.59. The van der Waals surface area contributed by atoms with Crippen molar-refractivity contribution in [1.29, 1.82) is 0 Å². The zero-order valence-corrected chi connectivity index (χ0v) is 12.8. The maximum atomic E-state index is 13.5. The van der Waals surface area contributed by atoms with Gasteiger partial charge in [0.05, 0.1) is 11.3 Å². The van der Waals surface area contributed by atoms with Crippen molar-refractivity contribution in [3.63, 3.8) is 0 Å². The van der Waals surface area contributed by atoms with Crippen LogP contribution in [0.3, 0.4) is 0 Å². The standard InChI is InChI=1S/C17H15F2NO4/c1-2-16(21)20-14-5-3-10(7-12(14)17(22)23)9-24-15-6-4-11(18)8-13(15)19/h3-8H,2,9H2,1H3,(H,20,21)(H,22,23). The molecule has 2 aromatic rings. The molecule has 0 heterocycles. The molecular formula is C17H15F2NO4. The largest absolute Gasteiger partial charge is 0.486 e. The van der Waals surface area contributed by atoms with Gasteiger partial charge in [0.15, 0.2) is 11.6 Å². The van der Waals surface area contributed by atoms with E-state index in [1.165, 1.54) is 12.1 Å². The van der Waals surface area contributed by atoms with Crippen LogP contribution >= 0.6 is 0 Å². The summed E-state index contributed by atoms with van der Waals surface area (Å²) in [5.74, 6) is -3.23. The quantitative estimate of drug-likeness (QED) is 0.846. The molecule has 5 nitrogen and oxygen atoms in total. The molecule has 2 N–H and O–H groups in total. The van der Waals surface area contributed by atoms with Crippen LogP contribution in [0.4, 0.5) is 14.5 Å². The van der Waals surface area contributed by atoms with Gasteiger partial charge in [-0.2, -0.15) is 0 Å². The molecule has 0 spiro atoms. The van der Waals surface area contributed by atoms with Gasteiger partial charge >= 0.3 is 5.97 Å². The second-order valence-corrected chi connectivity index (χ2v) is 4.95. The minimum Gasteiger partial charge on any atom is -0.486 e. The van der Waals surface area contributed by atoms with Crippen molar-refractivity contribution in [2.45, 2.75) is 20.0 Å². The van der Waals surface area contributed by atoms with Crippen molar-refractivity contribution in [2.24, 2.45) is 0 Å². The topological polar surface area (TPSA) is 75.6 Å². The predicted molar refractivity (Wildman–Crippen MR) is 83.0 cm³/mol. The summed E-state index contributed by atoms with van der Waals surface area (Å²) >= 11 is 0. The highest BCUT2D eigenvalue weighted by Crippen LogP contribution is 2.22. The van der Waals surface area contributed by atoms with Crippen molar-refractivity contribution >= 4 is 17.6 Å². The Balaban J connectivity index is 2.17. The lowest BCUT2D eigenvalue weighted by Crippen LogP contribution is -2.13. The number of halogens is 2. The Kier molecular flexibility index (Phi) is 5.47. The normalized spacial score (nSPS) is 10.3. The average Bonchev–Trinajstić information content (AvgIpc) is 2.54. The van der Waals surface area contributed by atoms with Crippen LogP contribution in [-0.2, 0) is 11.4 Å². The van der Waals surface area contributed by atoms with E-state index in [4.69, 9.17) is 4.74 Å². The van der Waals surface area contributed by atoms with Crippen LogP contribution in [0.5, 0.6) is 5.75 Å². The summed E-state index contributed by atoms with van der Waals surface area (Å²) in [5, 5.41) is 11.7. The number of carbonyl (C=O) groups is 2. The number of nitrogens with one attached hydrogen (secondary N) is 1. The summed E-state index contributed by atoms with van der Waals surface area (Å²) in [7, 11) is 0. The maximum Gasteiger partial charge on any atom is 0.337 e. The number of ether oxygens (including phenoxy) is 1. The van der Waals surface area contributed by atoms with Crippen LogP contribution in [0, 0.1) is 11.6 Å². The number of carbonyl (C=O) groups excluding carboxylic acids is 1. The van der Waals surface area contributed by atoms with E-state index in [9.17, 15) is 23.5 Å². The average molecular weight is 335 g/mol. The maximum absolute atomic E-state index is 13.5. The molecule has 0 aromatic heterocycles. The third kappa shape index (κ3) is 4.28. The van der Waals surface area contributed by atoms with E-state index >= 15 is 0 Å². The van der Waals surface area contributed by atoms with E-state index < -0.39 is 17.6 Å². The molecule has 0 atom stereocenters. The highest BCUT2D eigenvalue weighted by Gasteiger charge is 2.13. The van der Waals surface area contributed by atoms with Gasteiger partial charge in [0.2, 0.25) is 5.91 Å². The smallest absolute Gasteiger partial charge is 0.337 e. The van der Waals surface area contributed by atoms with Crippen LogP contribution in [0.25, 0.3) is 0 Å². The third-order valence-corrected chi connectivity index (χ3v) is 3.20. The van der Waals surface area contributed by atoms with E-state index in [0.717, 1.165) is 12.1 Å². The second kappa shape index (κ2) is 7.54. The fraction of sp³-hybridized carbons (Fsp3) is 0.176. The van der Waals surface area contributed by atoms with Gasteiger partial charge < -0.3 is 15.2 Å². The van der Waals surface area contributed by atoms with Crippen molar-refractivity contribution in [3.8, 4) is 5.75 Å². The van der Waals surface area contributed by atoms with Crippen LogP contribution in [0.1, 0.15) is 29.3 Å². The molecule has 0 saturated heterocycles. The van der Waals surface area contributed by atoms with E-state index in [0.29, 0.717) is 11.6 Å². The summed E-state index contributed by atoms with van der Waals surface area (Å²) in [6.45, 7) is 1.54. The van der Waals surface area contributed by atoms with Gasteiger partial charge in [-0.1, -0.05) is 13.0 Å². The van der Waals surface area contributed by atoms with Crippen molar-refractivity contribution in [3.05, 3.63) is 59.2 Å². The Hall–Kier alpha value is -2.96. The fourth-order valence-electron chi connectivity index (χ4n) is 1.96. The molecule has 0 unspecified atom stereocenters. The monoisotopic (exact) mass is 335 g/mol. The number of aromatic carboxylic acids is 1. The van der Waals surface area contributed by atoms with Gasteiger partial charge in [0.1, 0.15) is 12.4 Å². The Morgan fingerprint density at radius 2 is 1.92 bits per heavy atom. The molecular weight excluding hydrogens is 320 g/mol. The third-order valence-electron chi connectivity index (χ3n) is 3.20. The summed E-state index contributed by atoms with van der Waals surface area (Å²) < 4.78 is 31.6. The van der Waals surface area contributed by atoms with E-state index in [1.807, 2.05) is 0 Å². The number of rotatable bonds is 6. The fourth-order valence-corrected chi connectivity index (χ4v) is 1.96. The van der Waals surface area contributed by atoms with Gasteiger partial charge in [0.25, 0.3) is 0 Å². The van der Waals surface area contributed by atoms with Gasteiger partial charge in [-0.15, -0.1) is 0 Å². The van der Waals surface area contributed by atoms with Crippen LogP contribution in [0.15, 0.2) is 36.4 Å². The SMILES string of the molecule is CCC(=O)Nc1ccc(COc2ccc(F)cc2F)cc1C(=O)O. The molecule has 0 aliphatic carbocycles. The zero-order valence-electron chi connectivity index (χ0n) is 12.8. The molecule has 0 fully saturated rings. The summed E-state index contributed by atoms with van der Waals surface area (Å²) in [4.78, 5) is 22.7. The number of anilines is 1. The molecule has 24 heavy (non-hydrogen) atoms. The Bertz CT molecular complexity index is 777. The van der Waals surface area contributed by atoms with Crippen LogP contribution in [-0.4, -0.2) is 17.0 Å². The minimum absolute atomic E-state index is 0.0996. The highest BCUT2D eigenvalue weighted by atomic mass is 19.1. The van der Waals surface area contributed by atoms with Gasteiger partial charge in [-0.25, -0.2) is 13.6 Å². The molecule has 0 aliphatic heterocycles. The highest BCUT2D eigenvalue weighted by molar-refractivity contribution is 6.00. The second-order valence-electron chi connectivity index (χ2n) is 4.95. The minimum atomic E-state index is -1.21. The summed E-state index contributed by atoms with van der Waals surface area (Å²) in [6.07, 6.45) is 0.216. The molecule has 7 heteroatoms. The first-order valence-electron chi connectivity index (χ1n) is 7.14. The first kappa shape index (κ1) is 17.4. The van der Waals surface area contributed by atoms with E-state index in [-0.39, 0.29) is 35.9 Å². The Labute approximate surface area is 136 Å². The first-order valence-corrected chi connectivity index (χ1v) is 7.14. The number of hydrogen-bond donors (Lipinski definition) is 2. The van der Waals surface area contributed by atoms with E-state index in [1.54, 1.807) is 13.0 Å². The molecule has 126 valence electrons. The number of carboxylic acid groups (broad SMARTS) is 1. The molecule has 0 bridgehead atoms. The van der Waals surface area contributed by atoms with E-state index in [2.05, 4.69) is 5.32 Å². The van der Waals surface area contributed by atoms with Gasteiger partial charge in [-0.3, -0.25) is 4.79 Å². The van der Waals surface area contributed by atoms with Crippen molar-refractivity contribution < 1.29 is 28.2 Å². The number of amides is 1. The van der Waals surface area contributed by atoms with Crippen LogP contribution in [0.2, 0.25) is 0 Å². The molecule has 0 saturated carbocycles. The van der Waals surface area contributed by atoms with Gasteiger partial charge in [-0.05, 0) is 29.8 Å². The number of carboxylic acids is 1. The molecule has 0 radical (unpaired) electrons. The summed E-state index contributed by atoms with van der Waals surface area (Å²) in [5.41, 5.74) is 0.536. The van der Waals surface area contributed by atoms with Crippen LogP contribution < -0.4 is 10.1 Å². The summed E-state index contributed by atoms with van der Waals surface area (Å²) in [6, 6.07) is 7.23.